The summed E-state index contributed by atoms with van der Waals surface area (Å²) in [5.41, 5.74) is -1.34. The Morgan fingerprint density at radius 1 is 1.00 bits per heavy atom. The van der Waals surface area contributed by atoms with Crippen LogP contribution in [0.4, 0.5) is 0 Å². The average molecular weight is 793 g/mol. The number of hydrogen-bond acceptors (Lipinski definition) is 5. The van der Waals surface area contributed by atoms with Gasteiger partial charge in [-0.2, -0.15) is 0 Å². The van der Waals surface area contributed by atoms with Gasteiger partial charge in [0.1, 0.15) is 5.38 Å². The summed E-state index contributed by atoms with van der Waals surface area (Å²) in [4.78, 5) is 13.2. The van der Waals surface area contributed by atoms with Crippen molar-refractivity contribution in [3.8, 4) is 17.2 Å². The molecule has 5 nitrogen and oxygen atoms in total. The molecular weight excluding hydrogens is 787 g/mol. The number of carbonyl (C=O) groups excluding carboxylic acids is 1. The van der Waals surface area contributed by atoms with Crippen molar-refractivity contribution in [1.29, 1.82) is 0 Å². The quantitative estimate of drug-likeness (QED) is 0.166. The Balaban J connectivity index is 1.99. The van der Waals surface area contributed by atoms with E-state index in [-0.39, 0.29) is 52.6 Å². The van der Waals surface area contributed by atoms with Crippen LogP contribution in [0.15, 0.2) is 39.4 Å². The van der Waals surface area contributed by atoms with Crippen molar-refractivity contribution in [2.75, 3.05) is 0 Å². The van der Waals surface area contributed by atoms with Gasteiger partial charge in [0.05, 0.1) is 34.8 Å². The zero-order valence-corrected chi connectivity index (χ0v) is 24.3. The van der Waals surface area contributed by atoms with E-state index >= 15 is 0 Å². The molecule has 2 N–H and O–H groups in total. The summed E-state index contributed by atoms with van der Waals surface area (Å²) in [5, 5.41) is 17.0. The molecule has 0 saturated heterocycles. The van der Waals surface area contributed by atoms with Gasteiger partial charge in [-0.15, -0.1) is 11.6 Å². The molecule has 0 amide bonds. The van der Waals surface area contributed by atoms with Crippen LogP contribution < -0.4 is 4.74 Å². The number of hydrogen-bond donors (Lipinski definition) is 2. The second kappa shape index (κ2) is 8.08. The summed E-state index contributed by atoms with van der Waals surface area (Å²) >= 11 is 42.2. The molecule has 0 aromatic heterocycles. The summed E-state index contributed by atoms with van der Waals surface area (Å²) in [7, 11) is 0. The number of rotatable bonds is 0. The number of esters is 1. The van der Waals surface area contributed by atoms with Gasteiger partial charge in [-0.25, -0.2) is 4.79 Å². The molecule has 3 aliphatic rings. The molecular formula is C20H6Cl6I2O5. The minimum atomic E-state index is -2.35. The molecule has 33 heavy (non-hydrogen) atoms. The first-order valence-corrected chi connectivity index (χ1v) is 13.3. The van der Waals surface area contributed by atoms with Gasteiger partial charge in [0.15, 0.2) is 27.9 Å². The second-order valence-corrected chi connectivity index (χ2v) is 12.2. The number of carbonyl (C=O) groups is 1. The highest BCUT2D eigenvalue weighted by atomic mass is 127. The molecule has 0 bridgehead atoms. The van der Waals surface area contributed by atoms with Crippen LogP contribution in [0.2, 0.25) is 10.0 Å². The Morgan fingerprint density at radius 2 is 1.64 bits per heavy atom. The van der Waals surface area contributed by atoms with Gasteiger partial charge in [-0.1, -0.05) is 58.0 Å². The van der Waals surface area contributed by atoms with Gasteiger partial charge >= 0.3 is 5.97 Å². The number of phenolic OH excluding ortho intramolecular Hbond substituents is 1. The Morgan fingerprint density at radius 3 is 2.30 bits per heavy atom. The van der Waals surface area contributed by atoms with E-state index in [1.807, 2.05) is 45.2 Å². The molecule has 0 fully saturated rings. The first-order valence-electron chi connectivity index (χ1n) is 8.82. The largest absolute Gasteiger partial charge is 0.505 e. The summed E-state index contributed by atoms with van der Waals surface area (Å²) < 4.78 is 13.0. The lowest BCUT2D eigenvalue weighted by Gasteiger charge is -2.42. The van der Waals surface area contributed by atoms with Gasteiger partial charge in [0, 0.05) is 14.7 Å². The van der Waals surface area contributed by atoms with Crippen molar-refractivity contribution in [3.63, 3.8) is 0 Å². The van der Waals surface area contributed by atoms with E-state index in [4.69, 9.17) is 79.1 Å². The van der Waals surface area contributed by atoms with E-state index in [0.29, 0.717) is 9.13 Å². The normalized spacial score (nSPS) is 27.9. The maximum atomic E-state index is 13.2. The molecule has 1 spiro atoms. The molecule has 0 radical (unpaired) electrons. The summed E-state index contributed by atoms with van der Waals surface area (Å²) in [6, 6.07) is 4.72. The predicted molar refractivity (Wildman–Crippen MR) is 143 cm³/mol. The number of aliphatic hydroxyl groups is 1. The van der Waals surface area contributed by atoms with E-state index in [0.717, 1.165) is 0 Å². The van der Waals surface area contributed by atoms with Gasteiger partial charge in [0.2, 0.25) is 0 Å². The van der Waals surface area contributed by atoms with E-state index < -0.39 is 27.0 Å². The molecule has 5 rings (SSSR count). The van der Waals surface area contributed by atoms with E-state index in [1.165, 1.54) is 6.07 Å². The van der Waals surface area contributed by atoms with Crippen molar-refractivity contribution in [3.05, 3.63) is 67.7 Å². The lowest BCUT2D eigenvalue weighted by atomic mass is 9.73. The van der Waals surface area contributed by atoms with Gasteiger partial charge < -0.3 is 19.7 Å². The Hall–Kier alpha value is 0.150. The number of alkyl halides is 2. The third-order valence-corrected chi connectivity index (χ3v) is 9.82. The van der Waals surface area contributed by atoms with Crippen molar-refractivity contribution in [1.82, 2.24) is 0 Å². The molecule has 3 unspecified atom stereocenters. The fourth-order valence-corrected chi connectivity index (χ4v) is 7.46. The van der Waals surface area contributed by atoms with Crippen LogP contribution in [0.1, 0.15) is 11.1 Å². The minimum absolute atomic E-state index is 0.0332. The molecule has 1 aliphatic carbocycles. The maximum Gasteiger partial charge on any atom is 0.341 e. The Labute approximate surface area is 243 Å². The molecule has 3 atom stereocenters. The number of fused-ring (bicyclic) bond motifs is 5. The SMILES string of the molecule is O=C1OC2(C3=C1C(Cl)=C(Cl)C(O)(Cl)C3Cl)c1cc(I)cc(Cl)c1Oc1c2cc(Cl)c(O)c1I. The standard InChI is InChI=1S/C20H6Cl6I2O5/c21-7-3-6-15(12(28)13(7)29)32-14-5(1-4(27)2-8(14)22)19(6)10-9(18(30)33-19)11(23)17(25)20(26,31)16(10)24/h1-3,16,29,31H. The summed E-state index contributed by atoms with van der Waals surface area (Å²) in [6.07, 6.45) is 0. The third-order valence-electron chi connectivity index (χ3n) is 5.53. The van der Waals surface area contributed by atoms with Crippen LogP contribution in [0, 0.1) is 7.14 Å². The lowest BCUT2D eigenvalue weighted by Crippen LogP contribution is -2.45. The second-order valence-electron chi connectivity index (χ2n) is 7.29. The molecule has 2 aromatic carbocycles. The number of halogens is 8. The van der Waals surface area contributed by atoms with Gasteiger partial charge in [-0.05, 0) is 63.4 Å². The fourth-order valence-electron chi connectivity index (χ4n) is 4.14. The van der Waals surface area contributed by atoms with Gasteiger partial charge in [-0.3, -0.25) is 0 Å². The molecule has 2 aliphatic heterocycles. The van der Waals surface area contributed by atoms with Crippen LogP contribution in [0.3, 0.4) is 0 Å². The first-order chi connectivity index (χ1) is 15.3. The van der Waals surface area contributed by atoms with E-state index in [2.05, 4.69) is 0 Å². The highest BCUT2D eigenvalue weighted by molar-refractivity contribution is 14.1. The number of phenols is 1. The van der Waals surface area contributed by atoms with Crippen LogP contribution in [0.25, 0.3) is 0 Å². The summed E-state index contributed by atoms with van der Waals surface area (Å²) in [6.45, 7) is 0. The highest BCUT2D eigenvalue weighted by Crippen LogP contribution is 2.64. The highest BCUT2D eigenvalue weighted by Gasteiger charge is 2.63. The minimum Gasteiger partial charge on any atom is -0.505 e. The Kier molecular flexibility index (Phi) is 6.08. The zero-order valence-electron chi connectivity index (χ0n) is 15.5. The fraction of sp³-hybridized carbons (Fsp3) is 0.150. The van der Waals surface area contributed by atoms with Gasteiger partial charge in [0.25, 0.3) is 0 Å². The average Bonchev–Trinajstić information content (AvgIpc) is 3.04. The van der Waals surface area contributed by atoms with Crippen molar-refractivity contribution >= 4 is 121 Å². The maximum absolute atomic E-state index is 13.2. The smallest absolute Gasteiger partial charge is 0.341 e. The zero-order chi connectivity index (χ0) is 24.2. The van der Waals surface area contributed by atoms with Crippen LogP contribution in [-0.2, 0) is 15.1 Å². The van der Waals surface area contributed by atoms with Crippen molar-refractivity contribution < 1.29 is 24.5 Å². The number of aromatic hydroxyl groups is 1. The van der Waals surface area contributed by atoms with E-state index in [9.17, 15) is 15.0 Å². The van der Waals surface area contributed by atoms with E-state index in [1.54, 1.807) is 12.1 Å². The molecule has 13 heteroatoms. The van der Waals surface area contributed by atoms with Crippen molar-refractivity contribution in [2.45, 2.75) is 16.0 Å². The summed E-state index contributed by atoms with van der Waals surface area (Å²) in [5.74, 6) is -0.799. The number of benzene rings is 2. The molecule has 172 valence electrons. The van der Waals surface area contributed by atoms with Crippen LogP contribution in [-0.4, -0.2) is 26.6 Å². The predicted octanol–water partition coefficient (Wildman–Crippen LogP) is 7.35. The lowest BCUT2D eigenvalue weighted by molar-refractivity contribution is -0.145. The third kappa shape index (κ3) is 3.23. The monoisotopic (exact) mass is 790 g/mol. The first kappa shape index (κ1) is 24.8. The van der Waals surface area contributed by atoms with Crippen LogP contribution >= 0.6 is 115 Å². The Bertz CT molecular complexity index is 1370. The van der Waals surface area contributed by atoms with Crippen molar-refractivity contribution in [2.24, 2.45) is 0 Å². The van der Waals surface area contributed by atoms with Crippen LogP contribution in [0.5, 0.6) is 17.2 Å². The topological polar surface area (TPSA) is 76.0 Å². The number of ether oxygens (including phenoxy) is 2. The molecule has 2 heterocycles. The molecule has 2 aromatic rings. The molecule has 0 saturated carbocycles.